The van der Waals surface area contributed by atoms with Gasteiger partial charge in [-0.1, -0.05) is 41.6 Å². The average molecular weight is 564 g/mol. The summed E-state index contributed by atoms with van der Waals surface area (Å²) >= 11 is 7.09. The molecular formula is C28H26ClN5O4S. The number of thioether (sulfide) groups is 1. The number of rotatable bonds is 9. The number of nitrogens with one attached hydrogen (secondary N) is 1. The van der Waals surface area contributed by atoms with Gasteiger partial charge in [0.1, 0.15) is 5.75 Å². The molecular weight excluding hydrogens is 538 g/mol. The van der Waals surface area contributed by atoms with Gasteiger partial charge in [0, 0.05) is 48.1 Å². The lowest BCUT2D eigenvalue weighted by molar-refractivity contribution is -0.113. The lowest BCUT2D eigenvalue weighted by Crippen LogP contribution is -2.48. The summed E-state index contributed by atoms with van der Waals surface area (Å²) in [5.74, 6) is 1.02. The van der Waals surface area contributed by atoms with Crippen molar-refractivity contribution in [2.24, 2.45) is 0 Å². The molecule has 9 nitrogen and oxygen atoms in total. The number of benzene rings is 3. The van der Waals surface area contributed by atoms with E-state index in [-0.39, 0.29) is 24.2 Å². The molecule has 0 radical (unpaired) electrons. The number of nitrogens with zero attached hydrogens (tertiary/aromatic N) is 4. The summed E-state index contributed by atoms with van der Waals surface area (Å²) in [5.41, 5.74) is 2.38. The van der Waals surface area contributed by atoms with E-state index in [2.05, 4.69) is 20.4 Å². The third kappa shape index (κ3) is 7.30. The van der Waals surface area contributed by atoms with E-state index in [1.807, 2.05) is 59.5 Å². The Morgan fingerprint density at radius 1 is 0.923 bits per heavy atom. The van der Waals surface area contributed by atoms with Gasteiger partial charge in [-0.3, -0.25) is 9.59 Å². The van der Waals surface area contributed by atoms with Gasteiger partial charge in [-0.15, -0.1) is 10.2 Å². The molecule has 2 heterocycles. The SMILES string of the molecule is O=C(CSc1nnc(COc2ccccc2)o1)Nc1ccc(N2CCN(C(=O)c3ccc(Cl)cc3)CC2)cc1. The van der Waals surface area contributed by atoms with Crippen LogP contribution in [0.15, 0.2) is 88.5 Å². The number of hydrogen-bond donors (Lipinski definition) is 1. The van der Waals surface area contributed by atoms with Crippen molar-refractivity contribution in [1.29, 1.82) is 0 Å². The molecule has 0 atom stereocenters. The number of anilines is 2. The fraction of sp³-hybridized carbons (Fsp3) is 0.214. The number of halogens is 1. The molecule has 1 aromatic heterocycles. The molecule has 1 fully saturated rings. The summed E-state index contributed by atoms with van der Waals surface area (Å²) in [4.78, 5) is 29.2. The van der Waals surface area contributed by atoms with Gasteiger partial charge in [0.2, 0.25) is 5.91 Å². The molecule has 2 amide bonds. The maximum absolute atomic E-state index is 12.7. The van der Waals surface area contributed by atoms with Crippen molar-refractivity contribution in [2.45, 2.75) is 11.8 Å². The van der Waals surface area contributed by atoms with Crippen LogP contribution in [0.5, 0.6) is 5.75 Å². The molecule has 11 heteroatoms. The zero-order valence-corrected chi connectivity index (χ0v) is 22.5. The third-order valence-corrected chi connectivity index (χ3v) is 7.13. The van der Waals surface area contributed by atoms with E-state index in [9.17, 15) is 9.59 Å². The summed E-state index contributed by atoms with van der Waals surface area (Å²) in [6.45, 7) is 2.87. The second-order valence-corrected chi connectivity index (χ2v) is 10.1. The van der Waals surface area contributed by atoms with Crippen LogP contribution in [0.4, 0.5) is 11.4 Å². The highest BCUT2D eigenvalue weighted by Gasteiger charge is 2.22. The molecule has 4 aromatic rings. The van der Waals surface area contributed by atoms with E-state index in [0.29, 0.717) is 46.2 Å². The van der Waals surface area contributed by atoms with Crippen molar-refractivity contribution in [3.05, 3.63) is 95.3 Å². The van der Waals surface area contributed by atoms with Gasteiger partial charge in [-0.25, -0.2) is 0 Å². The highest BCUT2D eigenvalue weighted by Crippen LogP contribution is 2.22. The molecule has 5 rings (SSSR count). The van der Waals surface area contributed by atoms with Crippen molar-refractivity contribution < 1.29 is 18.7 Å². The first kappa shape index (κ1) is 26.6. The smallest absolute Gasteiger partial charge is 0.277 e. The van der Waals surface area contributed by atoms with E-state index in [1.54, 1.807) is 24.3 Å². The van der Waals surface area contributed by atoms with Crippen LogP contribution in [0, 0.1) is 0 Å². The van der Waals surface area contributed by atoms with Gasteiger partial charge in [-0.2, -0.15) is 0 Å². The Balaban J connectivity index is 1.04. The van der Waals surface area contributed by atoms with Gasteiger partial charge in [0.05, 0.1) is 5.75 Å². The second kappa shape index (κ2) is 12.7. The number of amides is 2. The quantitative estimate of drug-likeness (QED) is 0.284. The van der Waals surface area contributed by atoms with Crippen LogP contribution in [0.25, 0.3) is 0 Å². The van der Waals surface area contributed by atoms with Crippen LogP contribution in [0.1, 0.15) is 16.2 Å². The maximum Gasteiger partial charge on any atom is 0.277 e. The topological polar surface area (TPSA) is 101 Å². The van der Waals surface area contributed by atoms with Crippen LogP contribution in [-0.2, 0) is 11.4 Å². The Bertz CT molecular complexity index is 1390. The second-order valence-electron chi connectivity index (χ2n) is 8.73. The molecule has 1 saturated heterocycles. The van der Waals surface area contributed by atoms with E-state index in [1.165, 1.54) is 0 Å². The van der Waals surface area contributed by atoms with Crippen LogP contribution >= 0.6 is 23.4 Å². The first-order valence-corrected chi connectivity index (χ1v) is 13.7. The molecule has 200 valence electrons. The fourth-order valence-corrected chi connectivity index (χ4v) is 4.75. The Hall–Kier alpha value is -4.02. The molecule has 0 aliphatic carbocycles. The number of hydrogen-bond acceptors (Lipinski definition) is 8. The zero-order valence-electron chi connectivity index (χ0n) is 21.0. The minimum absolute atomic E-state index is 0.0134. The molecule has 1 N–H and O–H groups in total. The molecule has 0 saturated carbocycles. The third-order valence-electron chi connectivity index (χ3n) is 6.05. The Morgan fingerprint density at radius 2 is 1.64 bits per heavy atom. The summed E-state index contributed by atoms with van der Waals surface area (Å²) in [6, 6.07) is 24.0. The zero-order chi connectivity index (χ0) is 27.0. The molecule has 0 unspecified atom stereocenters. The summed E-state index contributed by atoms with van der Waals surface area (Å²) in [7, 11) is 0. The van der Waals surface area contributed by atoms with Gasteiger partial charge >= 0.3 is 0 Å². The molecule has 1 aliphatic heterocycles. The summed E-state index contributed by atoms with van der Waals surface area (Å²) in [6.07, 6.45) is 0. The van der Waals surface area contributed by atoms with E-state index in [4.69, 9.17) is 20.8 Å². The van der Waals surface area contributed by atoms with E-state index in [0.717, 1.165) is 30.5 Å². The highest BCUT2D eigenvalue weighted by molar-refractivity contribution is 7.99. The fourth-order valence-electron chi connectivity index (χ4n) is 4.04. The Kier molecular flexibility index (Phi) is 8.65. The van der Waals surface area contributed by atoms with Crippen LogP contribution < -0.4 is 15.0 Å². The van der Waals surface area contributed by atoms with E-state index >= 15 is 0 Å². The Labute approximate surface area is 235 Å². The molecule has 0 bridgehead atoms. The lowest BCUT2D eigenvalue weighted by Gasteiger charge is -2.36. The van der Waals surface area contributed by atoms with Crippen molar-refractivity contribution >= 4 is 46.6 Å². The number of ether oxygens (including phenoxy) is 1. The standard InChI is InChI=1S/C28H26ClN5O4S/c29-21-8-6-20(7-9-21)27(36)34-16-14-33(15-17-34)23-12-10-22(11-13-23)30-25(35)19-39-28-32-31-26(38-28)18-37-24-4-2-1-3-5-24/h1-13H,14-19H2,(H,30,35). The van der Waals surface area contributed by atoms with Gasteiger partial charge in [0.15, 0.2) is 6.61 Å². The van der Waals surface area contributed by atoms with Crippen molar-refractivity contribution in [2.75, 3.05) is 42.1 Å². The maximum atomic E-state index is 12.7. The van der Waals surface area contributed by atoms with Crippen LogP contribution in [-0.4, -0.2) is 58.8 Å². The molecule has 3 aromatic carbocycles. The van der Waals surface area contributed by atoms with Crippen molar-refractivity contribution in [3.8, 4) is 5.75 Å². The van der Waals surface area contributed by atoms with Crippen LogP contribution in [0.3, 0.4) is 0 Å². The number of carbonyl (C=O) groups is 2. The van der Waals surface area contributed by atoms with Crippen molar-refractivity contribution in [3.63, 3.8) is 0 Å². The summed E-state index contributed by atoms with van der Waals surface area (Å²) < 4.78 is 11.1. The largest absolute Gasteiger partial charge is 0.484 e. The normalized spacial score (nSPS) is 13.3. The monoisotopic (exact) mass is 563 g/mol. The number of carbonyl (C=O) groups excluding carboxylic acids is 2. The lowest BCUT2D eigenvalue weighted by atomic mass is 10.1. The first-order valence-electron chi connectivity index (χ1n) is 12.4. The predicted octanol–water partition coefficient (Wildman–Crippen LogP) is 5.00. The predicted molar refractivity (Wildman–Crippen MR) is 150 cm³/mol. The number of piperazine rings is 1. The first-order chi connectivity index (χ1) is 19.0. The van der Waals surface area contributed by atoms with Gasteiger partial charge in [0.25, 0.3) is 17.0 Å². The van der Waals surface area contributed by atoms with Crippen molar-refractivity contribution in [1.82, 2.24) is 15.1 Å². The molecule has 1 aliphatic rings. The van der Waals surface area contributed by atoms with Gasteiger partial charge < -0.3 is 24.3 Å². The minimum atomic E-state index is -0.178. The molecule has 39 heavy (non-hydrogen) atoms. The van der Waals surface area contributed by atoms with Crippen LogP contribution in [0.2, 0.25) is 5.02 Å². The van der Waals surface area contributed by atoms with Gasteiger partial charge in [-0.05, 0) is 60.7 Å². The summed E-state index contributed by atoms with van der Waals surface area (Å²) in [5, 5.41) is 11.7. The van der Waals surface area contributed by atoms with E-state index < -0.39 is 0 Å². The number of para-hydroxylation sites is 1. The highest BCUT2D eigenvalue weighted by atomic mass is 35.5. The average Bonchev–Trinajstić information content (AvgIpc) is 3.44. The number of aromatic nitrogens is 2. The Morgan fingerprint density at radius 3 is 2.36 bits per heavy atom. The molecule has 0 spiro atoms. The minimum Gasteiger partial charge on any atom is -0.484 e.